The van der Waals surface area contributed by atoms with E-state index in [-0.39, 0.29) is 24.7 Å². The maximum atomic E-state index is 12.2. The van der Waals surface area contributed by atoms with E-state index in [4.69, 9.17) is 4.74 Å². The summed E-state index contributed by atoms with van der Waals surface area (Å²) in [6, 6.07) is 9.04. The number of hydrogen-bond donors (Lipinski definition) is 0. The van der Waals surface area contributed by atoms with Crippen molar-refractivity contribution in [3.63, 3.8) is 0 Å². The summed E-state index contributed by atoms with van der Waals surface area (Å²) < 4.78 is 8.16. The third kappa shape index (κ3) is 3.98. The van der Waals surface area contributed by atoms with Crippen molar-refractivity contribution in [2.45, 2.75) is 19.9 Å². The predicted octanol–water partition coefficient (Wildman–Crippen LogP) is 0.696. The quantitative estimate of drug-likeness (QED) is 0.446. The molecule has 0 bridgehead atoms. The van der Waals surface area contributed by atoms with Crippen molar-refractivity contribution in [1.29, 1.82) is 0 Å². The summed E-state index contributed by atoms with van der Waals surface area (Å²) in [5, 5.41) is 4.21. The van der Waals surface area contributed by atoms with Gasteiger partial charge in [0.25, 0.3) is 5.82 Å². The summed E-state index contributed by atoms with van der Waals surface area (Å²) in [4.78, 5) is 23.8. The Bertz CT molecular complexity index is 635. The monoisotopic (exact) mass is 288 g/mol. The Morgan fingerprint density at radius 3 is 2.67 bits per heavy atom. The van der Waals surface area contributed by atoms with Crippen molar-refractivity contribution < 1.29 is 18.9 Å². The van der Waals surface area contributed by atoms with Gasteiger partial charge in [-0.25, -0.2) is 4.57 Å². The lowest BCUT2D eigenvalue weighted by Gasteiger charge is -2.01. The molecule has 1 heterocycles. The molecule has 0 aliphatic carbocycles. The highest BCUT2D eigenvalue weighted by molar-refractivity contribution is 5.94. The highest BCUT2D eigenvalue weighted by atomic mass is 16.5. The zero-order valence-corrected chi connectivity index (χ0v) is 12.2. The summed E-state index contributed by atoms with van der Waals surface area (Å²) in [6.07, 6.45) is 1.74. The number of esters is 1. The van der Waals surface area contributed by atoms with E-state index in [0.29, 0.717) is 18.0 Å². The molecule has 0 N–H and O–H groups in total. The number of benzene rings is 1. The van der Waals surface area contributed by atoms with Crippen LogP contribution in [0.2, 0.25) is 0 Å². The highest BCUT2D eigenvalue weighted by Crippen LogP contribution is 2.01. The van der Waals surface area contributed by atoms with E-state index in [0.717, 1.165) is 0 Å². The van der Waals surface area contributed by atoms with Gasteiger partial charge in [0.2, 0.25) is 6.33 Å². The molecule has 2 aromatic rings. The second-order valence-electron chi connectivity index (χ2n) is 4.60. The van der Waals surface area contributed by atoms with Gasteiger partial charge in [-0.1, -0.05) is 30.3 Å². The molecular weight excluding hydrogens is 270 g/mol. The Morgan fingerprint density at radius 2 is 2.00 bits per heavy atom. The van der Waals surface area contributed by atoms with Crippen LogP contribution in [0.15, 0.2) is 36.7 Å². The summed E-state index contributed by atoms with van der Waals surface area (Å²) in [5.41, 5.74) is 0.635. The van der Waals surface area contributed by atoms with Crippen LogP contribution < -0.4 is 4.57 Å². The number of rotatable bonds is 6. The van der Waals surface area contributed by atoms with Crippen LogP contribution in [0, 0.1) is 0 Å². The number of carbonyl (C=O) groups is 2. The van der Waals surface area contributed by atoms with Crippen LogP contribution >= 0.6 is 0 Å². The van der Waals surface area contributed by atoms with Crippen molar-refractivity contribution in [2.24, 2.45) is 7.05 Å². The Balaban J connectivity index is 2.13. The first-order valence-corrected chi connectivity index (χ1v) is 6.76. The van der Waals surface area contributed by atoms with Crippen molar-refractivity contribution in [2.75, 3.05) is 6.61 Å². The number of Topliss-reactive ketones (excluding diaryl/α,β-unsaturated/α-hetero) is 1. The molecule has 0 saturated heterocycles. The summed E-state index contributed by atoms with van der Waals surface area (Å²) in [5.74, 6) is 0.135. The fraction of sp³-hybridized carbons (Fsp3) is 0.333. The lowest BCUT2D eigenvalue weighted by atomic mass is 10.1. The van der Waals surface area contributed by atoms with Gasteiger partial charge >= 0.3 is 5.97 Å². The fourth-order valence-corrected chi connectivity index (χ4v) is 2.01. The van der Waals surface area contributed by atoms with Gasteiger partial charge in [0.05, 0.1) is 13.7 Å². The van der Waals surface area contributed by atoms with Crippen LogP contribution in [0.1, 0.15) is 23.1 Å². The van der Waals surface area contributed by atoms with Crippen LogP contribution in [0.3, 0.4) is 0 Å². The first-order chi connectivity index (χ1) is 10.1. The Morgan fingerprint density at radius 1 is 1.29 bits per heavy atom. The molecule has 0 spiro atoms. The number of nitrogens with zero attached hydrogens (tertiary/aromatic N) is 3. The van der Waals surface area contributed by atoms with E-state index in [1.807, 2.05) is 18.2 Å². The van der Waals surface area contributed by atoms with Crippen molar-refractivity contribution in [1.82, 2.24) is 9.78 Å². The average molecular weight is 288 g/mol. The zero-order valence-electron chi connectivity index (χ0n) is 12.2. The molecule has 0 radical (unpaired) electrons. The largest absolute Gasteiger partial charge is 0.466 e. The summed E-state index contributed by atoms with van der Waals surface area (Å²) in [7, 11) is 1.75. The Hall–Kier alpha value is -2.50. The molecule has 0 aliphatic heterocycles. The number of aromatic nitrogens is 3. The molecule has 1 aromatic carbocycles. The molecule has 2 rings (SSSR count). The summed E-state index contributed by atoms with van der Waals surface area (Å²) in [6.45, 7) is 2.23. The minimum absolute atomic E-state index is 0.0290. The fourth-order valence-electron chi connectivity index (χ4n) is 2.01. The molecule has 6 heteroatoms. The SMILES string of the molecule is CCOC(=O)Cc1nn(C)c[n+]1CC(=O)c1ccccc1. The van der Waals surface area contributed by atoms with Crippen LogP contribution in [0.5, 0.6) is 0 Å². The third-order valence-electron chi connectivity index (χ3n) is 2.93. The average Bonchev–Trinajstić information content (AvgIpc) is 2.79. The topological polar surface area (TPSA) is 65.1 Å². The van der Waals surface area contributed by atoms with Gasteiger partial charge in [-0.2, -0.15) is 0 Å². The first-order valence-electron chi connectivity index (χ1n) is 6.76. The van der Waals surface area contributed by atoms with Crippen molar-refractivity contribution in [3.05, 3.63) is 48.0 Å². The number of carbonyl (C=O) groups excluding carboxylic acids is 2. The van der Waals surface area contributed by atoms with Gasteiger partial charge in [-0.15, -0.1) is 4.68 Å². The molecule has 1 aromatic heterocycles. The van der Waals surface area contributed by atoms with E-state index in [9.17, 15) is 9.59 Å². The second-order valence-corrected chi connectivity index (χ2v) is 4.60. The van der Waals surface area contributed by atoms with Crippen LogP contribution in [-0.4, -0.2) is 28.1 Å². The van der Waals surface area contributed by atoms with Gasteiger partial charge in [0, 0.05) is 10.7 Å². The standard InChI is InChI=1S/C15H18N3O3/c1-3-21-15(20)9-14-16-17(2)11-18(14)10-13(19)12-7-5-4-6-8-12/h4-8,11H,3,9-10H2,1-2H3/q+1. The molecule has 0 fully saturated rings. The number of ketones is 1. The molecule has 6 nitrogen and oxygen atoms in total. The van der Waals surface area contributed by atoms with Crippen LogP contribution in [-0.2, 0) is 29.5 Å². The molecule has 21 heavy (non-hydrogen) atoms. The molecule has 0 unspecified atom stereocenters. The molecular formula is C15H18N3O3+. The minimum Gasteiger partial charge on any atom is -0.466 e. The molecule has 0 amide bonds. The predicted molar refractivity (Wildman–Crippen MR) is 74.5 cm³/mol. The van der Waals surface area contributed by atoms with E-state index < -0.39 is 0 Å². The van der Waals surface area contributed by atoms with E-state index in [1.54, 1.807) is 41.7 Å². The lowest BCUT2D eigenvalue weighted by molar-refractivity contribution is -0.690. The Kier molecular flexibility index (Phi) is 4.81. The van der Waals surface area contributed by atoms with Crippen LogP contribution in [0.4, 0.5) is 0 Å². The Labute approximate surface area is 123 Å². The van der Waals surface area contributed by atoms with E-state index >= 15 is 0 Å². The van der Waals surface area contributed by atoms with Gasteiger partial charge in [-0.3, -0.25) is 9.59 Å². The summed E-state index contributed by atoms with van der Waals surface area (Å²) >= 11 is 0. The number of aryl methyl sites for hydroxylation is 1. The van der Waals surface area contributed by atoms with E-state index in [1.165, 1.54) is 0 Å². The molecule has 0 atom stereocenters. The maximum Gasteiger partial charge on any atom is 0.316 e. The normalized spacial score (nSPS) is 10.4. The first kappa shape index (κ1) is 14.9. The highest BCUT2D eigenvalue weighted by Gasteiger charge is 2.21. The lowest BCUT2D eigenvalue weighted by Crippen LogP contribution is -2.41. The van der Waals surface area contributed by atoms with E-state index in [2.05, 4.69) is 5.10 Å². The molecule has 110 valence electrons. The van der Waals surface area contributed by atoms with Gasteiger partial charge in [0.15, 0.2) is 5.78 Å². The van der Waals surface area contributed by atoms with Gasteiger partial charge < -0.3 is 4.74 Å². The maximum absolute atomic E-state index is 12.2. The number of ether oxygens (including phenoxy) is 1. The van der Waals surface area contributed by atoms with Gasteiger partial charge in [-0.05, 0) is 6.92 Å². The van der Waals surface area contributed by atoms with Crippen molar-refractivity contribution in [3.8, 4) is 0 Å². The molecule has 0 aliphatic rings. The number of hydrogen-bond acceptors (Lipinski definition) is 4. The van der Waals surface area contributed by atoms with Crippen molar-refractivity contribution >= 4 is 11.8 Å². The smallest absolute Gasteiger partial charge is 0.316 e. The minimum atomic E-state index is -0.350. The van der Waals surface area contributed by atoms with Gasteiger partial charge in [0.1, 0.15) is 13.0 Å². The second kappa shape index (κ2) is 6.78. The zero-order chi connectivity index (χ0) is 15.2. The van der Waals surface area contributed by atoms with Crippen LogP contribution in [0.25, 0.3) is 0 Å². The third-order valence-corrected chi connectivity index (χ3v) is 2.93. The molecule has 0 saturated carbocycles.